The first-order chi connectivity index (χ1) is 14.1. The monoisotopic (exact) mass is 394 g/mol. The highest BCUT2D eigenvalue weighted by Crippen LogP contribution is 2.24. The van der Waals surface area contributed by atoms with E-state index in [4.69, 9.17) is 4.42 Å². The smallest absolute Gasteiger partial charge is 0.227 e. The molecular weight excluding hydrogens is 368 g/mol. The van der Waals surface area contributed by atoms with Crippen LogP contribution in [0.4, 0.5) is 5.95 Å². The molecule has 0 spiro atoms. The van der Waals surface area contributed by atoms with Crippen LogP contribution in [-0.2, 0) is 18.3 Å². The van der Waals surface area contributed by atoms with Crippen LogP contribution >= 0.6 is 0 Å². The summed E-state index contributed by atoms with van der Waals surface area (Å²) in [5.41, 5.74) is 2.17. The maximum absolute atomic E-state index is 12.4. The number of hydrogen-bond donors (Lipinski definition) is 2. The predicted molar refractivity (Wildman–Crippen MR) is 109 cm³/mol. The first-order valence-electron chi connectivity index (χ1n) is 10.0. The van der Waals surface area contributed by atoms with Gasteiger partial charge in [-0.2, -0.15) is 10.1 Å². The summed E-state index contributed by atoms with van der Waals surface area (Å²) in [5.74, 6) is 2.76. The Kier molecular flexibility index (Phi) is 5.71. The number of piperidine rings is 1. The van der Waals surface area contributed by atoms with E-state index in [0.717, 1.165) is 37.3 Å². The van der Waals surface area contributed by atoms with Crippen molar-refractivity contribution in [2.75, 3.05) is 18.4 Å². The lowest BCUT2D eigenvalue weighted by Crippen LogP contribution is -2.27. The van der Waals surface area contributed by atoms with Crippen LogP contribution < -0.4 is 10.6 Å². The molecule has 0 radical (unpaired) electrons. The van der Waals surface area contributed by atoms with Crippen LogP contribution in [0.1, 0.15) is 42.5 Å². The standard InChI is InChI=1S/C21H26N6O2/c1-14-3-5-15(6-4-14)17-13-23-19(29-17)8-7-18(28)24-21-25-20(26-27(21)2)16-9-11-22-12-10-16/h3-6,13,16,22H,7-12H2,1-2H3,(H,24,25,26,28). The fraction of sp³-hybridized carbons (Fsp3) is 0.429. The molecule has 4 rings (SSSR count). The van der Waals surface area contributed by atoms with Crippen LogP contribution in [0.15, 0.2) is 34.9 Å². The summed E-state index contributed by atoms with van der Waals surface area (Å²) in [7, 11) is 1.80. The number of carbonyl (C=O) groups excluding carboxylic acids is 1. The number of anilines is 1. The van der Waals surface area contributed by atoms with E-state index in [1.165, 1.54) is 5.56 Å². The minimum Gasteiger partial charge on any atom is -0.441 e. The maximum Gasteiger partial charge on any atom is 0.227 e. The average Bonchev–Trinajstić information content (AvgIpc) is 3.35. The molecule has 29 heavy (non-hydrogen) atoms. The second-order valence-electron chi connectivity index (χ2n) is 7.47. The molecule has 1 saturated heterocycles. The number of carbonyl (C=O) groups is 1. The molecule has 2 N–H and O–H groups in total. The Morgan fingerprint density at radius 3 is 2.79 bits per heavy atom. The van der Waals surface area contributed by atoms with Crippen LogP contribution in [0.3, 0.4) is 0 Å². The minimum absolute atomic E-state index is 0.132. The van der Waals surface area contributed by atoms with E-state index in [-0.39, 0.29) is 12.3 Å². The largest absolute Gasteiger partial charge is 0.441 e. The molecule has 1 fully saturated rings. The molecule has 8 nitrogen and oxygen atoms in total. The molecule has 0 unspecified atom stereocenters. The van der Waals surface area contributed by atoms with Crippen molar-refractivity contribution < 1.29 is 9.21 Å². The van der Waals surface area contributed by atoms with Gasteiger partial charge in [0.05, 0.1) is 6.20 Å². The van der Waals surface area contributed by atoms with Crippen molar-refractivity contribution in [2.24, 2.45) is 7.05 Å². The van der Waals surface area contributed by atoms with Crippen molar-refractivity contribution in [3.63, 3.8) is 0 Å². The molecule has 0 saturated carbocycles. The van der Waals surface area contributed by atoms with Crippen molar-refractivity contribution in [3.8, 4) is 11.3 Å². The van der Waals surface area contributed by atoms with Crippen LogP contribution in [0.2, 0.25) is 0 Å². The second kappa shape index (κ2) is 8.57. The van der Waals surface area contributed by atoms with Gasteiger partial charge in [0, 0.05) is 31.4 Å². The van der Waals surface area contributed by atoms with Gasteiger partial charge in [-0.1, -0.05) is 29.8 Å². The van der Waals surface area contributed by atoms with Crippen LogP contribution in [0, 0.1) is 6.92 Å². The number of nitrogens with one attached hydrogen (secondary N) is 2. The molecule has 1 aromatic carbocycles. The quantitative estimate of drug-likeness (QED) is 0.667. The molecule has 1 aliphatic heterocycles. The van der Waals surface area contributed by atoms with Gasteiger partial charge in [0.1, 0.15) is 0 Å². The van der Waals surface area contributed by atoms with Crippen LogP contribution in [0.25, 0.3) is 11.3 Å². The molecule has 152 valence electrons. The SMILES string of the molecule is Cc1ccc(-c2cnc(CCC(=O)Nc3nc(C4CCNCC4)nn3C)o2)cc1. The summed E-state index contributed by atoms with van der Waals surface area (Å²) in [6.07, 6.45) is 4.43. The molecule has 1 aliphatic rings. The number of amides is 1. The van der Waals surface area contributed by atoms with E-state index in [0.29, 0.717) is 29.9 Å². The fourth-order valence-electron chi connectivity index (χ4n) is 3.45. The molecule has 2 aromatic heterocycles. The fourth-order valence-corrected chi connectivity index (χ4v) is 3.45. The molecule has 0 bridgehead atoms. The van der Waals surface area contributed by atoms with E-state index < -0.39 is 0 Å². The van der Waals surface area contributed by atoms with Crippen molar-refractivity contribution in [3.05, 3.63) is 47.7 Å². The summed E-state index contributed by atoms with van der Waals surface area (Å²) < 4.78 is 7.42. The first-order valence-corrected chi connectivity index (χ1v) is 10.0. The summed E-state index contributed by atoms with van der Waals surface area (Å²) in [5, 5.41) is 10.7. The zero-order chi connectivity index (χ0) is 20.2. The summed E-state index contributed by atoms with van der Waals surface area (Å²) in [6.45, 7) is 4.00. The summed E-state index contributed by atoms with van der Waals surface area (Å²) in [6, 6.07) is 8.06. The van der Waals surface area contributed by atoms with Gasteiger partial charge in [0.25, 0.3) is 0 Å². The van der Waals surface area contributed by atoms with Gasteiger partial charge >= 0.3 is 0 Å². The molecule has 0 atom stereocenters. The molecule has 0 aliphatic carbocycles. The Hall–Kier alpha value is -3.00. The first kappa shape index (κ1) is 19.3. The average molecular weight is 394 g/mol. The topological polar surface area (TPSA) is 97.9 Å². The number of aryl methyl sites for hydroxylation is 3. The third kappa shape index (κ3) is 4.71. The lowest BCUT2D eigenvalue weighted by Gasteiger charge is -2.19. The van der Waals surface area contributed by atoms with Gasteiger partial charge in [-0.15, -0.1) is 0 Å². The Morgan fingerprint density at radius 1 is 1.28 bits per heavy atom. The minimum atomic E-state index is -0.132. The maximum atomic E-state index is 12.4. The van der Waals surface area contributed by atoms with Gasteiger partial charge in [0.15, 0.2) is 17.5 Å². The van der Waals surface area contributed by atoms with E-state index in [2.05, 4.69) is 25.7 Å². The van der Waals surface area contributed by atoms with Crippen LogP contribution in [0.5, 0.6) is 0 Å². The highest BCUT2D eigenvalue weighted by molar-refractivity contribution is 5.89. The normalized spacial score (nSPS) is 14.8. The zero-order valence-electron chi connectivity index (χ0n) is 16.8. The van der Waals surface area contributed by atoms with Crippen molar-refractivity contribution in [1.82, 2.24) is 25.1 Å². The predicted octanol–water partition coefficient (Wildman–Crippen LogP) is 2.82. The summed E-state index contributed by atoms with van der Waals surface area (Å²) >= 11 is 0. The molecular formula is C21H26N6O2. The second-order valence-corrected chi connectivity index (χ2v) is 7.47. The van der Waals surface area contributed by atoms with Crippen LogP contribution in [-0.4, -0.2) is 38.7 Å². The van der Waals surface area contributed by atoms with Crippen molar-refractivity contribution >= 4 is 11.9 Å². The van der Waals surface area contributed by atoms with E-state index in [1.807, 2.05) is 31.2 Å². The van der Waals surface area contributed by atoms with Gasteiger partial charge < -0.3 is 9.73 Å². The van der Waals surface area contributed by atoms with Gasteiger partial charge in [-0.25, -0.2) is 9.67 Å². The summed E-state index contributed by atoms with van der Waals surface area (Å²) in [4.78, 5) is 21.2. The molecule has 1 amide bonds. The molecule has 8 heteroatoms. The number of oxazole rings is 1. The third-order valence-electron chi connectivity index (χ3n) is 5.19. The van der Waals surface area contributed by atoms with E-state index in [1.54, 1.807) is 17.9 Å². The zero-order valence-corrected chi connectivity index (χ0v) is 16.8. The number of benzene rings is 1. The highest BCUT2D eigenvalue weighted by Gasteiger charge is 2.21. The van der Waals surface area contributed by atoms with E-state index >= 15 is 0 Å². The Balaban J connectivity index is 1.32. The van der Waals surface area contributed by atoms with Crippen molar-refractivity contribution in [2.45, 2.75) is 38.5 Å². The highest BCUT2D eigenvalue weighted by atomic mass is 16.4. The molecule has 3 aromatic rings. The number of nitrogens with zero attached hydrogens (tertiary/aromatic N) is 4. The van der Waals surface area contributed by atoms with E-state index in [9.17, 15) is 4.79 Å². The van der Waals surface area contributed by atoms with Gasteiger partial charge in [0.2, 0.25) is 11.9 Å². The lowest BCUT2D eigenvalue weighted by molar-refractivity contribution is -0.116. The number of aromatic nitrogens is 4. The van der Waals surface area contributed by atoms with Crippen molar-refractivity contribution in [1.29, 1.82) is 0 Å². The molecule has 3 heterocycles. The van der Waals surface area contributed by atoms with Gasteiger partial charge in [-0.3, -0.25) is 10.1 Å². The Morgan fingerprint density at radius 2 is 2.03 bits per heavy atom. The Labute approximate surface area is 169 Å². The lowest BCUT2D eigenvalue weighted by atomic mass is 9.98. The number of rotatable bonds is 6. The van der Waals surface area contributed by atoms with Gasteiger partial charge in [-0.05, 0) is 32.9 Å². The number of hydrogen-bond acceptors (Lipinski definition) is 6. The Bertz CT molecular complexity index is 969. The third-order valence-corrected chi connectivity index (χ3v) is 5.19.